The Morgan fingerprint density at radius 1 is 1.29 bits per heavy atom. The molecule has 2 heterocycles. The Labute approximate surface area is 149 Å². The highest BCUT2D eigenvalue weighted by molar-refractivity contribution is 7.20. The highest BCUT2D eigenvalue weighted by atomic mass is 32.1. The van der Waals surface area contributed by atoms with E-state index < -0.39 is 5.54 Å². The number of nitrogens with zero attached hydrogens (tertiary/aromatic N) is 1. The minimum Gasteiger partial charge on any atom is -0.467 e. The zero-order valence-corrected chi connectivity index (χ0v) is 15.2. The van der Waals surface area contributed by atoms with Gasteiger partial charge in [0.05, 0.1) is 24.1 Å². The van der Waals surface area contributed by atoms with Gasteiger partial charge in [0, 0.05) is 5.38 Å². The summed E-state index contributed by atoms with van der Waals surface area (Å²) in [5.74, 6) is -0.515. The first kappa shape index (κ1) is 17.1. The van der Waals surface area contributed by atoms with Crippen LogP contribution in [0.1, 0.15) is 37.8 Å². The van der Waals surface area contributed by atoms with Crippen molar-refractivity contribution in [2.75, 3.05) is 7.11 Å². The van der Waals surface area contributed by atoms with Gasteiger partial charge in [-0.3, -0.25) is 4.79 Å². The van der Waals surface area contributed by atoms with Crippen LogP contribution in [-0.4, -0.2) is 29.5 Å². The fourth-order valence-corrected chi connectivity index (χ4v) is 4.74. The van der Waals surface area contributed by atoms with E-state index in [1.807, 2.05) is 22.9 Å². The topological polar surface area (TPSA) is 68.3 Å². The molecule has 1 fully saturated rings. The van der Waals surface area contributed by atoms with E-state index in [0.29, 0.717) is 12.8 Å². The fraction of sp³-hybridized carbons (Fsp3) is 0.471. The average molecular weight is 364 g/mol. The van der Waals surface area contributed by atoms with Gasteiger partial charge in [-0.15, -0.1) is 22.7 Å². The van der Waals surface area contributed by atoms with E-state index >= 15 is 0 Å². The molecule has 0 bridgehead atoms. The number of nitrogens with one attached hydrogen (secondary N) is 1. The molecule has 0 radical (unpaired) electrons. The van der Waals surface area contributed by atoms with Crippen LogP contribution in [0.15, 0.2) is 22.9 Å². The molecule has 0 unspecified atom stereocenters. The quantitative estimate of drug-likeness (QED) is 0.826. The van der Waals surface area contributed by atoms with E-state index in [0.717, 1.165) is 34.8 Å². The molecule has 0 aliphatic heterocycles. The second-order valence-corrected chi connectivity index (χ2v) is 7.79. The Hall–Kier alpha value is -1.73. The standard InChI is InChI=1S/C17H20N2O3S2/c1-22-16(21)17(7-3-2-4-8-17)19-14(20)10-12-11-24-15(18-12)13-6-5-9-23-13/h5-6,9,11H,2-4,7-8,10H2,1H3,(H,19,20). The molecular formula is C17H20N2O3S2. The molecule has 0 saturated heterocycles. The molecule has 0 atom stereocenters. The summed E-state index contributed by atoms with van der Waals surface area (Å²) in [6, 6.07) is 4.00. The summed E-state index contributed by atoms with van der Waals surface area (Å²) in [4.78, 5) is 30.3. The zero-order chi connectivity index (χ0) is 17.0. The Kier molecular flexibility index (Phi) is 5.30. The Morgan fingerprint density at radius 3 is 2.75 bits per heavy atom. The Bertz CT molecular complexity index is 703. The number of ether oxygens (including phenoxy) is 1. The molecule has 5 nitrogen and oxygen atoms in total. The number of thiazole rings is 1. The smallest absolute Gasteiger partial charge is 0.331 e. The predicted molar refractivity (Wildman–Crippen MR) is 95.1 cm³/mol. The van der Waals surface area contributed by atoms with Crippen molar-refractivity contribution in [1.29, 1.82) is 0 Å². The van der Waals surface area contributed by atoms with E-state index in [-0.39, 0.29) is 18.3 Å². The molecule has 1 amide bonds. The molecule has 1 saturated carbocycles. The maximum atomic E-state index is 12.5. The largest absolute Gasteiger partial charge is 0.467 e. The minimum absolute atomic E-state index is 0.176. The van der Waals surface area contributed by atoms with Crippen LogP contribution in [0.4, 0.5) is 0 Å². The second kappa shape index (κ2) is 7.44. The molecule has 128 valence electrons. The summed E-state index contributed by atoms with van der Waals surface area (Å²) in [6.07, 6.45) is 4.40. The molecule has 1 N–H and O–H groups in total. The summed E-state index contributed by atoms with van der Waals surface area (Å²) >= 11 is 3.16. The van der Waals surface area contributed by atoms with Crippen molar-refractivity contribution in [2.45, 2.75) is 44.1 Å². The first-order valence-corrected chi connectivity index (χ1v) is 9.77. The number of carbonyl (C=O) groups is 2. The molecule has 1 aliphatic rings. The van der Waals surface area contributed by atoms with Crippen molar-refractivity contribution in [3.05, 3.63) is 28.6 Å². The van der Waals surface area contributed by atoms with Crippen molar-refractivity contribution >= 4 is 34.6 Å². The molecule has 24 heavy (non-hydrogen) atoms. The number of carbonyl (C=O) groups excluding carboxylic acids is 2. The molecule has 2 aromatic rings. The summed E-state index contributed by atoms with van der Waals surface area (Å²) < 4.78 is 4.93. The van der Waals surface area contributed by atoms with Crippen LogP contribution >= 0.6 is 22.7 Å². The third kappa shape index (κ3) is 3.67. The van der Waals surface area contributed by atoms with Crippen molar-refractivity contribution in [3.63, 3.8) is 0 Å². The van der Waals surface area contributed by atoms with Crippen molar-refractivity contribution in [2.24, 2.45) is 0 Å². The van der Waals surface area contributed by atoms with Gasteiger partial charge in [-0.1, -0.05) is 25.3 Å². The van der Waals surface area contributed by atoms with Crippen LogP contribution in [0, 0.1) is 0 Å². The summed E-state index contributed by atoms with van der Waals surface area (Å²) in [5.41, 5.74) is -0.131. The summed E-state index contributed by atoms with van der Waals surface area (Å²) in [7, 11) is 1.37. The third-order valence-electron chi connectivity index (χ3n) is 4.29. The van der Waals surface area contributed by atoms with Crippen LogP contribution in [-0.2, 0) is 20.7 Å². The van der Waals surface area contributed by atoms with E-state index in [4.69, 9.17) is 4.74 Å². The molecule has 0 spiro atoms. The normalized spacial score (nSPS) is 16.5. The predicted octanol–water partition coefficient (Wildman–Crippen LogP) is 3.41. The van der Waals surface area contributed by atoms with Gasteiger partial charge in [-0.2, -0.15) is 0 Å². The van der Waals surface area contributed by atoms with Crippen molar-refractivity contribution in [1.82, 2.24) is 10.3 Å². The third-order valence-corrected chi connectivity index (χ3v) is 6.22. The van der Waals surface area contributed by atoms with Gasteiger partial charge in [-0.25, -0.2) is 9.78 Å². The lowest BCUT2D eigenvalue weighted by Crippen LogP contribution is -2.56. The van der Waals surface area contributed by atoms with Gasteiger partial charge in [-0.05, 0) is 24.3 Å². The van der Waals surface area contributed by atoms with Gasteiger partial charge >= 0.3 is 5.97 Å². The van der Waals surface area contributed by atoms with Crippen LogP contribution in [0.25, 0.3) is 9.88 Å². The number of hydrogen-bond acceptors (Lipinski definition) is 6. The van der Waals surface area contributed by atoms with E-state index in [1.165, 1.54) is 18.4 Å². The van der Waals surface area contributed by atoms with Crippen LogP contribution in [0.3, 0.4) is 0 Å². The first-order chi connectivity index (χ1) is 11.6. The number of amides is 1. The van der Waals surface area contributed by atoms with Crippen LogP contribution < -0.4 is 5.32 Å². The SMILES string of the molecule is COC(=O)C1(NC(=O)Cc2csc(-c3cccs3)n2)CCCCC1. The maximum absolute atomic E-state index is 12.5. The molecular weight excluding hydrogens is 344 g/mol. The van der Waals surface area contributed by atoms with Gasteiger partial charge in [0.1, 0.15) is 10.5 Å². The maximum Gasteiger partial charge on any atom is 0.331 e. The lowest BCUT2D eigenvalue weighted by atomic mass is 9.81. The molecule has 2 aromatic heterocycles. The van der Waals surface area contributed by atoms with E-state index in [1.54, 1.807) is 11.3 Å². The number of aromatic nitrogens is 1. The Morgan fingerprint density at radius 2 is 2.08 bits per heavy atom. The molecule has 7 heteroatoms. The monoisotopic (exact) mass is 364 g/mol. The van der Waals surface area contributed by atoms with Crippen LogP contribution in [0.5, 0.6) is 0 Å². The Balaban J connectivity index is 1.67. The number of thiophene rings is 1. The summed E-state index contributed by atoms with van der Waals surface area (Å²) in [6.45, 7) is 0. The van der Waals surface area contributed by atoms with Gasteiger partial charge in [0.2, 0.25) is 5.91 Å². The molecule has 0 aromatic carbocycles. The molecule has 1 aliphatic carbocycles. The first-order valence-electron chi connectivity index (χ1n) is 8.01. The van der Waals surface area contributed by atoms with Gasteiger partial charge in [0.25, 0.3) is 0 Å². The van der Waals surface area contributed by atoms with Crippen molar-refractivity contribution < 1.29 is 14.3 Å². The lowest BCUT2D eigenvalue weighted by Gasteiger charge is -2.35. The van der Waals surface area contributed by atoms with E-state index in [2.05, 4.69) is 10.3 Å². The number of methoxy groups -OCH3 is 1. The fourth-order valence-electron chi connectivity index (χ4n) is 3.11. The van der Waals surface area contributed by atoms with Gasteiger partial charge in [0.15, 0.2) is 0 Å². The minimum atomic E-state index is -0.864. The average Bonchev–Trinajstić information content (AvgIpc) is 3.26. The highest BCUT2D eigenvalue weighted by Crippen LogP contribution is 2.30. The number of esters is 1. The van der Waals surface area contributed by atoms with Crippen molar-refractivity contribution in [3.8, 4) is 9.88 Å². The lowest BCUT2D eigenvalue weighted by molar-refractivity contribution is -0.152. The number of rotatable bonds is 5. The second-order valence-electron chi connectivity index (χ2n) is 5.98. The van der Waals surface area contributed by atoms with E-state index in [9.17, 15) is 9.59 Å². The van der Waals surface area contributed by atoms with Crippen LogP contribution in [0.2, 0.25) is 0 Å². The summed E-state index contributed by atoms with van der Waals surface area (Å²) in [5, 5.41) is 7.76. The number of hydrogen-bond donors (Lipinski definition) is 1. The van der Waals surface area contributed by atoms with Gasteiger partial charge < -0.3 is 10.1 Å². The molecule has 3 rings (SSSR count). The highest BCUT2D eigenvalue weighted by Gasteiger charge is 2.41. The zero-order valence-electron chi connectivity index (χ0n) is 13.5.